The number of aromatic amines is 1. The van der Waals surface area contributed by atoms with Crippen molar-refractivity contribution in [1.82, 2.24) is 20.0 Å². The number of H-pyrrole nitrogens is 1. The lowest BCUT2D eigenvalue weighted by Gasteiger charge is -2.25. The second kappa shape index (κ2) is 6.41. The maximum atomic E-state index is 12.3. The zero-order chi connectivity index (χ0) is 15.7. The van der Waals surface area contributed by atoms with E-state index in [-0.39, 0.29) is 0 Å². The van der Waals surface area contributed by atoms with E-state index in [9.17, 15) is 4.79 Å². The average molecular weight is 304 g/mol. The standard InChI is InChI=1S/C17H28N4O/c1-12-16(13(2)19-18-12)11-20(3)9-14-8-17(22)21(10-14)15-6-4-5-7-15/h14-15H,4-11H2,1-3H3,(H,18,19). The van der Waals surface area contributed by atoms with E-state index in [1.165, 1.54) is 31.2 Å². The molecule has 3 rings (SSSR count). The third-order valence-electron chi connectivity index (χ3n) is 5.28. The molecule has 1 aromatic rings. The third kappa shape index (κ3) is 3.19. The molecule has 0 radical (unpaired) electrons. The second-order valence-corrected chi connectivity index (χ2v) is 7.16. The number of aromatic nitrogens is 2. The summed E-state index contributed by atoms with van der Waals surface area (Å²) in [5.41, 5.74) is 3.53. The first kappa shape index (κ1) is 15.5. The first-order chi connectivity index (χ1) is 10.5. The monoisotopic (exact) mass is 304 g/mol. The highest BCUT2D eigenvalue weighted by molar-refractivity contribution is 5.79. The number of carbonyl (C=O) groups excluding carboxylic acids is 1. The van der Waals surface area contributed by atoms with Gasteiger partial charge in [-0.15, -0.1) is 0 Å². The van der Waals surface area contributed by atoms with Crippen LogP contribution in [0.2, 0.25) is 0 Å². The summed E-state index contributed by atoms with van der Waals surface area (Å²) in [6, 6.07) is 0.529. The first-order valence-corrected chi connectivity index (χ1v) is 8.53. The molecule has 0 aromatic carbocycles. The normalized spacial score (nSPS) is 23.2. The molecule has 5 heteroatoms. The molecule has 1 saturated heterocycles. The third-order valence-corrected chi connectivity index (χ3v) is 5.28. The summed E-state index contributed by atoms with van der Waals surface area (Å²) in [4.78, 5) is 16.8. The summed E-state index contributed by atoms with van der Waals surface area (Å²) >= 11 is 0. The number of amides is 1. The zero-order valence-corrected chi connectivity index (χ0v) is 14.1. The summed E-state index contributed by atoms with van der Waals surface area (Å²) in [6.45, 7) is 6.97. The number of aryl methyl sites for hydroxylation is 2. The van der Waals surface area contributed by atoms with Crippen LogP contribution in [0.5, 0.6) is 0 Å². The molecule has 22 heavy (non-hydrogen) atoms. The van der Waals surface area contributed by atoms with Gasteiger partial charge in [-0.05, 0) is 39.7 Å². The Morgan fingerprint density at radius 3 is 2.68 bits per heavy atom. The Bertz CT molecular complexity index is 513. The zero-order valence-electron chi connectivity index (χ0n) is 14.1. The van der Waals surface area contributed by atoms with Crippen LogP contribution in [0.15, 0.2) is 0 Å². The molecule has 0 spiro atoms. The Balaban J connectivity index is 1.54. The SMILES string of the molecule is Cc1n[nH]c(C)c1CN(C)CC1CC(=O)N(C2CCCC2)C1. The van der Waals surface area contributed by atoms with Crippen molar-refractivity contribution in [2.45, 2.75) is 58.5 Å². The topological polar surface area (TPSA) is 52.2 Å². The van der Waals surface area contributed by atoms with E-state index in [1.54, 1.807) is 0 Å². The molecule has 2 aliphatic rings. The molecule has 1 amide bonds. The molecular formula is C17H28N4O. The molecule has 1 saturated carbocycles. The molecule has 1 atom stereocenters. The predicted molar refractivity (Wildman–Crippen MR) is 86.5 cm³/mol. The van der Waals surface area contributed by atoms with Crippen LogP contribution in [0.3, 0.4) is 0 Å². The molecule has 0 bridgehead atoms. The molecule has 2 fully saturated rings. The molecule has 1 N–H and O–H groups in total. The highest BCUT2D eigenvalue weighted by atomic mass is 16.2. The number of likely N-dealkylation sites (tertiary alicyclic amines) is 1. The quantitative estimate of drug-likeness (QED) is 0.908. The van der Waals surface area contributed by atoms with Gasteiger partial charge in [-0.3, -0.25) is 9.89 Å². The minimum absolute atomic E-state index is 0.376. The Morgan fingerprint density at radius 1 is 1.32 bits per heavy atom. The lowest BCUT2D eigenvalue weighted by Crippen LogP contribution is -2.35. The van der Waals surface area contributed by atoms with Gasteiger partial charge in [-0.1, -0.05) is 12.8 Å². The maximum absolute atomic E-state index is 12.3. The van der Waals surface area contributed by atoms with Crippen LogP contribution in [0, 0.1) is 19.8 Å². The van der Waals surface area contributed by atoms with Crippen LogP contribution in [0.25, 0.3) is 0 Å². The van der Waals surface area contributed by atoms with Crippen LogP contribution in [0.1, 0.15) is 49.1 Å². The van der Waals surface area contributed by atoms with Gasteiger partial charge in [0.15, 0.2) is 0 Å². The van der Waals surface area contributed by atoms with E-state index < -0.39 is 0 Å². The number of rotatable bonds is 5. The van der Waals surface area contributed by atoms with Gasteiger partial charge in [-0.25, -0.2) is 0 Å². The molecular weight excluding hydrogens is 276 g/mol. The maximum Gasteiger partial charge on any atom is 0.223 e. The van der Waals surface area contributed by atoms with Gasteiger partial charge < -0.3 is 9.80 Å². The van der Waals surface area contributed by atoms with E-state index >= 15 is 0 Å². The van der Waals surface area contributed by atoms with E-state index in [2.05, 4.69) is 34.0 Å². The fourth-order valence-electron chi connectivity index (χ4n) is 4.08. The molecule has 2 heterocycles. The van der Waals surface area contributed by atoms with E-state index in [4.69, 9.17) is 0 Å². The van der Waals surface area contributed by atoms with Crippen LogP contribution in [-0.4, -0.2) is 52.1 Å². The first-order valence-electron chi connectivity index (χ1n) is 8.53. The molecule has 1 unspecified atom stereocenters. The van der Waals surface area contributed by atoms with Crippen molar-refractivity contribution in [3.8, 4) is 0 Å². The lowest BCUT2D eigenvalue weighted by molar-refractivity contribution is -0.129. The Morgan fingerprint density at radius 2 is 2.05 bits per heavy atom. The highest BCUT2D eigenvalue weighted by Gasteiger charge is 2.35. The van der Waals surface area contributed by atoms with Crippen LogP contribution in [0.4, 0.5) is 0 Å². The smallest absolute Gasteiger partial charge is 0.223 e. The minimum atomic E-state index is 0.376. The number of hydrogen-bond donors (Lipinski definition) is 1. The van der Waals surface area contributed by atoms with E-state index in [0.29, 0.717) is 17.9 Å². The van der Waals surface area contributed by atoms with Gasteiger partial charge in [0, 0.05) is 43.4 Å². The van der Waals surface area contributed by atoms with Gasteiger partial charge in [0.25, 0.3) is 0 Å². The van der Waals surface area contributed by atoms with Crippen molar-refractivity contribution in [3.05, 3.63) is 17.0 Å². The summed E-state index contributed by atoms with van der Waals surface area (Å²) in [5.74, 6) is 0.853. The number of hydrogen-bond acceptors (Lipinski definition) is 3. The number of carbonyl (C=O) groups is 1. The predicted octanol–water partition coefficient (Wildman–Crippen LogP) is 2.25. The van der Waals surface area contributed by atoms with Gasteiger partial charge in [0.1, 0.15) is 0 Å². The minimum Gasteiger partial charge on any atom is -0.339 e. The van der Waals surface area contributed by atoms with Gasteiger partial charge in [0.05, 0.1) is 5.69 Å². The van der Waals surface area contributed by atoms with Crippen molar-refractivity contribution in [2.24, 2.45) is 5.92 Å². The van der Waals surface area contributed by atoms with Crippen molar-refractivity contribution in [2.75, 3.05) is 20.1 Å². The van der Waals surface area contributed by atoms with E-state index in [0.717, 1.165) is 37.4 Å². The molecule has 5 nitrogen and oxygen atoms in total. The van der Waals surface area contributed by atoms with Gasteiger partial charge >= 0.3 is 0 Å². The van der Waals surface area contributed by atoms with E-state index in [1.807, 2.05) is 6.92 Å². The van der Waals surface area contributed by atoms with Crippen molar-refractivity contribution in [3.63, 3.8) is 0 Å². The van der Waals surface area contributed by atoms with Gasteiger partial charge in [0.2, 0.25) is 5.91 Å². The van der Waals surface area contributed by atoms with Crippen molar-refractivity contribution in [1.29, 1.82) is 0 Å². The molecule has 122 valence electrons. The fraction of sp³-hybridized carbons (Fsp3) is 0.765. The fourth-order valence-corrected chi connectivity index (χ4v) is 4.08. The summed E-state index contributed by atoms with van der Waals surface area (Å²) < 4.78 is 0. The Hall–Kier alpha value is -1.36. The second-order valence-electron chi connectivity index (χ2n) is 7.16. The summed E-state index contributed by atoms with van der Waals surface area (Å²) in [5, 5.41) is 7.31. The molecule has 1 aliphatic carbocycles. The Labute approximate surface area is 133 Å². The number of nitrogens with zero attached hydrogens (tertiary/aromatic N) is 3. The summed E-state index contributed by atoms with van der Waals surface area (Å²) in [7, 11) is 2.15. The van der Waals surface area contributed by atoms with Crippen LogP contribution >= 0.6 is 0 Å². The highest BCUT2D eigenvalue weighted by Crippen LogP contribution is 2.29. The van der Waals surface area contributed by atoms with Gasteiger partial charge in [-0.2, -0.15) is 5.10 Å². The molecule has 1 aromatic heterocycles. The Kier molecular flexibility index (Phi) is 4.52. The van der Waals surface area contributed by atoms with Crippen LogP contribution in [-0.2, 0) is 11.3 Å². The largest absolute Gasteiger partial charge is 0.339 e. The van der Waals surface area contributed by atoms with Crippen molar-refractivity contribution >= 4 is 5.91 Å². The van der Waals surface area contributed by atoms with Crippen LogP contribution < -0.4 is 0 Å². The average Bonchev–Trinajstić information content (AvgIpc) is 3.16. The van der Waals surface area contributed by atoms with Crippen molar-refractivity contribution < 1.29 is 4.79 Å². The summed E-state index contributed by atoms with van der Waals surface area (Å²) in [6.07, 6.45) is 5.73. The number of nitrogens with one attached hydrogen (secondary N) is 1. The molecule has 1 aliphatic heterocycles. The lowest BCUT2D eigenvalue weighted by atomic mass is 10.1.